The zero-order valence-electron chi connectivity index (χ0n) is 19.9. The van der Waals surface area contributed by atoms with Crippen LogP contribution in [0.15, 0.2) is 61.9 Å². The number of fused-ring (bicyclic) bond motifs is 1. The van der Waals surface area contributed by atoms with Crippen molar-refractivity contribution in [2.24, 2.45) is 4.99 Å². The van der Waals surface area contributed by atoms with E-state index in [2.05, 4.69) is 20.9 Å². The van der Waals surface area contributed by atoms with Crippen LogP contribution in [0.3, 0.4) is 0 Å². The molecule has 38 heavy (non-hydrogen) atoms. The van der Waals surface area contributed by atoms with Gasteiger partial charge < -0.3 is 9.47 Å². The van der Waals surface area contributed by atoms with Crippen LogP contribution in [0, 0.1) is 21.4 Å². The summed E-state index contributed by atoms with van der Waals surface area (Å²) in [5, 5.41) is 20.8. The number of rotatable bonds is 7. The van der Waals surface area contributed by atoms with Gasteiger partial charge in [0.2, 0.25) is 5.75 Å². The summed E-state index contributed by atoms with van der Waals surface area (Å²) in [6.45, 7) is 3.10. The molecule has 3 aromatic rings. The minimum absolute atomic E-state index is 0.0939. The van der Waals surface area contributed by atoms with E-state index in [-0.39, 0.29) is 39.2 Å². The van der Waals surface area contributed by atoms with Crippen molar-refractivity contribution >= 4 is 56.6 Å². The third-order valence-electron chi connectivity index (χ3n) is 5.54. The van der Waals surface area contributed by atoms with Gasteiger partial charge in [-0.25, -0.2) is 9.79 Å². The van der Waals surface area contributed by atoms with Gasteiger partial charge in [0, 0.05) is 11.1 Å². The Labute approximate surface area is 233 Å². The second kappa shape index (κ2) is 11.3. The summed E-state index contributed by atoms with van der Waals surface area (Å²) in [6, 6.07) is 10.6. The SMILES string of the molecule is CCOC(=O)C1=C(C)N=c2s/c(=C\c3cc(Br)c(OCC#N)c([N+](=O)[O-])c3)c(=O)n2[C@@H]1c1ccccc1Cl. The highest BCUT2D eigenvalue weighted by atomic mass is 79.9. The maximum atomic E-state index is 13.7. The van der Waals surface area contributed by atoms with Crippen molar-refractivity contribution in [1.82, 2.24) is 4.57 Å². The van der Waals surface area contributed by atoms with Crippen LogP contribution in [0.2, 0.25) is 5.02 Å². The zero-order valence-corrected chi connectivity index (χ0v) is 23.1. The lowest BCUT2D eigenvalue weighted by atomic mass is 9.96. The molecule has 0 bridgehead atoms. The molecule has 13 heteroatoms. The first-order valence-electron chi connectivity index (χ1n) is 11.1. The average Bonchev–Trinajstić information content (AvgIpc) is 3.17. The van der Waals surface area contributed by atoms with Gasteiger partial charge in [0.15, 0.2) is 11.4 Å². The Balaban J connectivity index is 1.94. The van der Waals surface area contributed by atoms with Gasteiger partial charge in [-0.2, -0.15) is 5.26 Å². The van der Waals surface area contributed by atoms with E-state index in [1.54, 1.807) is 50.2 Å². The molecule has 2 heterocycles. The Morgan fingerprint density at radius 3 is 2.79 bits per heavy atom. The van der Waals surface area contributed by atoms with Crippen molar-refractivity contribution in [2.75, 3.05) is 13.2 Å². The monoisotopic (exact) mass is 616 g/mol. The van der Waals surface area contributed by atoms with E-state index in [9.17, 15) is 19.7 Å². The lowest BCUT2D eigenvalue weighted by molar-refractivity contribution is -0.385. The second-order valence-corrected chi connectivity index (χ2v) is 10.1. The predicted molar refractivity (Wildman–Crippen MR) is 144 cm³/mol. The molecule has 0 saturated carbocycles. The zero-order chi connectivity index (χ0) is 27.6. The van der Waals surface area contributed by atoms with Gasteiger partial charge in [0.25, 0.3) is 5.56 Å². The number of hydrogen-bond acceptors (Lipinski definition) is 9. The summed E-state index contributed by atoms with van der Waals surface area (Å²) in [5.41, 5.74) is 0.611. The van der Waals surface area contributed by atoms with E-state index >= 15 is 0 Å². The van der Waals surface area contributed by atoms with Crippen LogP contribution in [0.4, 0.5) is 5.69 Å². The first kappa shape index (κ1) is 27.3. The molecule has 4 rings (SSSR count). The van der Waals surface area contributed by atoms with Crippen molar-refractivity contribution in [2.45, 2.75) is 19.9 Å². The molecule has 0 amide bonds. The number of benzene rings is 2. The average molecular weight is 618 g/mol. The largest absolute Gasteiger partial charge is 0.471 e. The van der Waals surface area contributed by atoms with Gasteiger partial charge in [-0.1, -0.05) is 41.1 Å². The molecule has 0 radical (unpaired) electrons. The van der Waals surface area contributed by atoms with E-state index in [0.29, 0.717) is 26.6 Å². The minimum atomic E-state index is -0.885. The molecule has 10 nitrogen and oxygen atoms in total. The van der Waals surface area contributed by atoms with E-state index < -0.39 is 22.5 Å². The Morgan fingerprint density at radius 1 is 1.39 bits per heavy atom. The van der Waals surface area contributed by atoms with Crippen LogP contribution in [-0.4, -0.2) is 28.7 Å². The van der Waals surface area contributed by atoms with Gasteiger partial charge in [0.05, 0.1) is 31.8 Å². The Hall–Kier alpha value is -3.79. The molecule has 0 N–H and O–H groups in total. The number of nitro benzene ring substituents is 1. The molecule has 0 saturated heterocycles. The summed E-state index contributed by atoms with van der Waals surface area (Å²) in [5.74, 6) is -0.705. The van der Waals surface area contributed by atoms with Crippen LogP contribution in [0.25, 0.3) is 6.08 Å². The first-order valence-corrected chi connectivity index (χ1v) is 13.1. The van der Waals surface area contributed by atoms with E-state index in [1.807, 2.05) is 0 Å². The molecule has 0 spiro atoms. The third kappa shape index (κ3) is 5.13. The number of halogens is 2. The quantitative estimate of drug-likeness (QED) is 0.222. The molecule has 1 aromatic heterocycles. The summed E-state index contributed by atoms with van der Waals surface area (Å²) >= 11 is 10.8. The highest BCUT2D eigenvalue weighted by Crippen LogP contribution is 2.37. The van der Waals surface area contributed by atoms with Crippen molar-refractivity contribution in [3.63, 3.8) is 0 Å². The number of esters is 1. The standard InChI is InChI=1S/C25H18BrClN4O6S/c1-3-36-24(33)20-13(2)29-25-30(21(20)15-6-4-5-7-17(15)27)23(32)19(38-25)12-14-10-16(26)22(37-9-8-28)18(11-14)31(34)35/h4-7,10-12,21H,3,9H2,1-2H3/b19-12-/t21-/m1/s1. The molecule has 2 aromatic carbocycles. The lowest BCUT2D eigenvalue weighted by Crippen LogP contribution is -2.40. The summed E-state index contributed by atoms with van der Waals surface area (Å²) < 4.78 is 12.3. The number of nitro groups is 1. The molecular weight excluding hydrogens is 600 g/mol. The number of thiazole rings is 1. The maximum Gasteiger partial charge on any atom is 0.338 e. The molecule has 0 fully saturated rings. The normalized spacial score (nSPS) is 14.9. The fourth-order valence-corrected chi connectivity index (χ4v) is 5.87. The number of nitriles is 1. The van der Waals surface area contributed by atoms with E-state index in [0.717, 1.165) is 11.3 Å². The smallest absolute Gasteiger partial charge is 0.338 e. The number of aromatic nitrogens is 1. The Bertz CT molecular complexity index is 1720. The lowest BCUT2D eigenvalue weighted by Gasteiger charge is -2.25. The van der Waals surface area contributed by atoms with Gasteiger partial charge >= 0.3 is 11.7 Å². The van der Waals surface area contributed by atoms with Gasteiger partial charge in [-0.05, 0) is 59.1 Å². The van der Waals surface area contributed by atoms with Gasteiger partial charge in [-0.15, -0.1) is 0 Å². The van der Waals surface area contributed by atoms with Crippen molar-refractivity contribution in [3.8, 4) is 11.8 Å². The predicted octanol–water partition coefficient (Wildman–Crippen LogP) is 4.02. The van der Waals surface area contributed by atoms with Gasteiger partial charge in [-0.3, -0.25) is 19.5 Å². The number of hydrogen-bond donors (Lipinski definition) is 0. The highest BCUT2D eigenvalue weighted by Gasteiger charge is 2.34. The fourth-order valence-electron chi connectivity index (χ4n) is 4.00. The van der Waals surface area contributed by atoms with Crippen LogP contribution in [-0.2, 0) is 9.53 Å². The molecule has 194 valence electrons. The maximum absolute atomic E-state index is 13.7. The van der Waals surface area contributed by atoms with Crippen molar-refractivity contribution in [3.05, 3.63) is 98.1 Å². The van der Waals surface area contributed by atoms with E-state index in [1.165, 1.54) is 16.7 Å². The van der Waals surface area contributed by atoms with Crippen LogP contribution in [0.1, 0.15) is 31.0 Å². The fraction of sp³-hybridized carbons (Fsp3) is 0.200. The molecular formula is C25H18BrClN4O6S. The second-order valence-electron chi connectivity index (χ2n) is 7.88. The van der Waals surface area contributed by atoms with Crippen molar-refractivity contribution < 1.29 is 19.2 Å². The van der Waals surface area contributed by atoms with E-state index in [4.69, 9.17) is 26.3 Å². The van der Waals surface area contributed by atoms with Crippen LogP contribution < -0.4 is 19.6 Å². The third-order valence-corrected chi connectivity index (χ3v) is 7.45. The van der Waals surface area contributed by atoms with Crippen LogP contribution in [0.5, 0.6) is 5.75 Å². The summed E-state index contributed by atoms with van der Waals surface area (Å²) in [4.78, 5) is 42.5. The number of allylic oxidation sites excluding steroid dienone is 1. The minimum Gasteiger partial charge on any atom is -0.471 e. The molecule has 1 atom stereocenters. The van der Waals surface area contributed by atoms with Crippen LogP contribution >= 0.6 is 38.9 Å². The topological polar surface area (TPSA) is 137 Å². The number of carbonyl (C=O) groups is 1. The molecule has 0 unspecified atom stereocenters. The number of nitrogens with zero attached hydrogens (tertiary/aromatic N) is 4. The summed E-state index contributed by atoms with van der Waals surface area (Å²) in [6.07, 6.45) is 1.49. The number of ether oxygens (including phenoxy) is 2. The highest BCUT2D eigenvalue weighted by molar-refractivity contribution is 9.10. The summed E-state index contributed by atoms with van der Waals surface area (Å²) in [7, 11) is 0. The van der Waals surface area contributed by atoms with Gasteiger partial charge in [0.1, 0.15) is 12.1 Å². The Morgan fingerprint density at radius 2 is 2.13 bits per heavy atom. The van der Waals surface area contributed by atoms with Crippen molar-refractivity contribution in [1.29, 1.82) is 5.26 Å². The molecule has 1 aliphatic heterocycles. The first-order chi connectivity index (χ1) is 18.2. The molecule has 1 aliphatic rings. The number of carbonyl (C=O) groups excluding carboxylic acids is 1. The molecule has 0 aliphatic carbocycles. The Kier molecular flexibility index (Phi) is 8.11.